The van der Waals surface area contributed by atoms with Crippen LogP contribution in [-0.2, 0) is 13.0 Å². The molecule has 2 aromatic rings. The molecule has 0 saturated carbocycles. The van der Waals surface area contributed by atoms with Crippen molar-refractivity contribution in [3.63, 3.8) is 0 Å². The van der Waals surface area contributed by atoms with E-state index in [2.05, 4.69) is 18.2 Å². The third-order valence-corrected chi connectivity index (χ3v) is 3.90. The second-order valence-corrected chi connectivity index (χ2v) is 6.59. The van der Waals surface area contributed by atoms with Crippen LogP contribution in [-0.4, -0.2) is 16.3 Å². The summed E-state index contributed by atoms with van der Waals surface area (Å²) in [4.78, 5) is 0. The second-order valence-electron chi connectivity index (χ2n) is 6.59. The molecular weight excluding hydrogens is 260 g/mol. The monoisotopic (exact) mass is 284 g/mol. The van der Waals surface area contributed by atoms with Crippen molar-refractivity contribution in [1.82, 2.24) is 0 Å². The fourth-order valence-electron chi connectivity index (χ4n) is 2.30. The predicted octanol–water partition coefficient (Wildman–Crippen LogP) is 3.80. The van der Waals surface area contributed by atoms with Crippen LogP contribution in [0.25, 0.3) is 11.1 Å². The number of rotatable bonds is 4. The molecule has 0 amide bonds. The van der Waals surface area contributed by atoms with Gasteiger partial charge in [0.2, 0.25) is 0 Å². The van der Waals surface area contributed by atoms with Crippen LogP contribution in [0.15, 0.2) is 48.5 Å². The van der Waals surface area contributed by atoms with E-state index in [1.165, 1.54) is 0 Å². The van der Waals surface area contributed by atoms with Gasteiger partial charge in [0.25, 0.3) is 0 Å². The summed E-state index contributed by atoms with van der Waals surface area (Å²) >= 11 is 0. The number of benzene rings is 2. The quantitative estimate of drug-likeness (QED) is 0.896. The van der Waals surface area contributed by atoms with E-state index in [1.54, 1.807) is 0 Å². The summed E-state index contributed by atoms with van der Waals surface area (Å²) in [6.07, 6.45) is 0.138. The maximum atomic E-state index is 10.3. The molecule has 2 nitrogen and oxygen atoms in total. The molecule has 0 aliphatic rings. The number of hydrogen-bond acceptors (Lipinski definition) is 2. The van der Waals surface area contributed by atoms with Gasteiger partial charge in [0.05, 0.1) is 12.7 Å². The fourth-order valence-corrected chi connectivity index (χ4v) is 2.30. The minimum Gasteiger partial charge on any atom is -0.392 e. The van der Waals surface area contributed by atoms with Crippen molar-refractivity contribution in [2.24, 2.45) is 5.41 Å². The Bertz CT molecular complexity index is 582. The zero-order valence-corrected chi connectivity index (χ0v) is 13.0. The van der Waals surface area contributed by atoms with Gasteiger partial charge in [0.1, 0.15) is 0 Å². The highest BCUT2D eigenvalue weighted by molar-refractivity contribution is 5.64. The molecule has 0 radical (unpaired) electrons. The van der Waals surface area contributed by atoms with Gasteiger partial charge in [-0.25, -0.2) is 0 Å². The molecule has 21 heavy (non-hydrogen) atoms. The van der Waals surface area contributed by atoms with E-state index in [1.807, 2.05) is 51.1 Å². The first-order chi connectivity index (χ1) is 9.91. The Labute approximate surface area is 127 Å². The van der Waals surface area contributed by atoms with Crippen LogP contribution in [0, 0.1) is 5.41 Å². The van der Waals surface area contributed by atoms with E-state index >= 15 is 0 Å². The maximum absolute atomic E-state index is 10.3. The molecule has 2 aromatic carbocycles. The molecule has 2 rings (SSSR count). The summed E-state index contributed by atoms with van der Waals surface area (Å²) in [5.74, 6) is 0. The van der Waals surface area contributed by atoms with Crippen LogP contribution in [0.5, 0.6) is 0 Å². The van der Waals surface area contributed by atoms with Crippen molar-refractivity contribution in [1.29, 1.82) is 0 Å². The van der Waals surface area contributed by atoms with E-state index in [4.69, 9.17) is 0 Å². The third-order valence-electron chi connectivity index (χ3n) is 3.90. The van der Waals surface area contributed by atoms with Crippen LogP contribution < -0.4 is 0 Å². The lowest BCUT2D eigenvalue weighted by molar-refractivity contribution is 0.0632. The summed E-state index contributed by atoms with van der Waals surface area (Å²) in [5, 5.41) is 19.9. The first-order valence-electron chi connectivity index (χ1n) is 7.38. The van der Waals surface area contributed by atoms with Crippen LogP contribution >= 0.6 is 0 Å². The first-order valence-corrected chi connectivity index (χ1v) is 7.38. The van der Waals surface area contributed by atoms with E-state index in [0.717, 1.165) is 22.3 Å². The van der Waals surface area contributed by atoms with Crippen molar-refractivity contribution in [2.45, 2.75) is 39.9 Å². The molecular formula is C19H24O2. The van der Waals surface area contributed by atoms with Crippen molar-refractivity contribution in [3.05, 3.63) is 59.7 Å². The SMILES string of the molecule is CC(C)(C)C(O)Cc1ccc(-c2ccccc2)cc1CO. The minimum absolute atomic E-state index is 0.00707. The van der Waals surface area contributed by atoms with Gasteiger partial charge in [-0.3, -0.25) is 0 Å². The Balaban J connectivity index is 2.29. The predicted molar refractivity (Wildman–Crippen MR) is 87.0 cm³/mol. The molecule has 112 valence electrons. The van der Waals surface area contributed by atoms with Gasteiger partial charge >= 0.3 is 0 Å². The van der Waals surface area contributed by atoms with Crippen LogP contribution in [0.2, 0.25) is 0 Å². The van der Waals surface area contributed by atoms with Gasteiger partial charge in [0, 0.05) is 0 Å². The Morgan fingerprint density at radius 3 is 2.14 bits per heavy atom. The Kier molecular flexibility index (Phi) is 4.81. The standard InChI is InChI=1S/C19H24O2/c1-19(2,3)18(21)12-16-10-9-15(11-17(16)13-20)14-7-5-4-6-8-14/h4-11,18,20-21H,12-13H2,1-3H3. The number of aliphatic hydroxyl groups excluding tert-OH is 2. The average Bonchev–Trinajstić information content (AvgIpc) is 2.47. The van der Waals surface area contributed by atoms with Crippen molar-refractivity contribution in [3.8, 4) is 11.1 Å². The van der Waals surface area contributed by atoms with Gasteiger partial charge in [-0.15, -0.1) is 0 Å². The highest BCUT2D eigenvalue weighted by Gasteiger charge is 2.23. The number of hydrogen-bond donors (Lipinski definition) is 2. The zero-order chi connectivity index (χ0) is 15.5. The molecule has 1 unspecified atom stereocenters. The van der Waals surface area contributed by atoms with Gasteiger partial charge in [-0.1, -0.05) is 63.2 Å². The Morgan fingerprint density at radius 2 is 1.57 bits per heavy atom. The van der Waals surface area contributed by atoms with E-state index in [0.29, 0.717) is 6.42 Å². The van der Waals surface area contributed by atoms with Crippen molar-refractivity contribution < 1.29 is 10.2 Å². The molecule has 0 bridgehead atoms. The van der Waals surface area contributed by atoms with Crippen LogP contribution in [0.4, 0.5) is 0 Å². The molecule has 0 heterocycles. The maximum Gasteiger partial charge on any atom is 0.0684 e. The summed E-state index contributed by atoms with van der Waals surface area (Å²) in [7, 11) is 0. The normalized spacial score (nSPS) is 13.2. The van der Waals surface area contributed by atoms with Crippen molar-refractivity contribution in [2.75, 3.05) is 0 Å². The van der Waals surface area contributed by atoms with Crippen LogP contribution in [0.3, 0.4) is 0 Å². The zero-order valence-electron chi connectivity index (χ0n) is 13.0. The third kappa shape index (κ3) is 3.93. The average molecular weight is 284 g/mol. The second kappa shape index (κ2) is 6.42. The van der Waals surface area contributed by atoms with E-state index in [-0.39, 0.29) is 12.0 Å². The molecule has 0 saturated heterocycles. The molecule has 0 aliphatic carbocycles. The smallest absolute Gasteiger partial charge is 0.0684 e. The minimum atomic E-state index is -0.426. The van der Waals surface area contributed by atoms with Crippen LogP contribution in [0.1, 0.15) is 31.9 Å². The summed E-state index contributed by atoms with van der Waals surface area (Å²) in [6.45, 7) is 6.06. The highest BCUT2D eigenvalue weighted by Crippen LogP contribution is 2.27. The Hall–Kier alpha value is -1.64. The number of aliphatic hydroxyl groups is 2. The lowest BCUT2D eigenvalue weighted by Crippen LogP contribution is -2.28. The molecule has 2 N–H and O–H groups in total. The largest absolute Gasteiger partial charge is 0.392 e. The molecule has 0 aliphatic heterocycles. The highest BCUT2D eigenvalue weighted by atomic mass is 16.3. The first kappa shape index (κ1) is 15.7. The van der Waals surface area contributed by atoms with Gasteiger partial charge in [-0.2, -0.15) is 0 Å². The van der Waals surface area contributed by atoms with E-state index < -0.39 is 6.10 Å². The fraction of sp³-hybridized carbons (Fsp3) is 0.368. The van der Waals surface area contributed by atoms with Gasteiger partial charge < -0.3 is 10.2 Å². The van der Waals surface area contributed by atoms with E-state index in [9.17, 15) is 10.2 Å². The Morgan fingerprint density at radius 1 is 0.905 bits per heavy atom. The lowest BCUT2D eigenvalue weighted by atomic mass is 9.84. The molecule has 0 aromatic heterocycles. The molecule has 2 heteroatoms. The molecule has 0 spiro atoms. The topological polar surface area (TPSA) is 40.5 Å². The molecule has 1 atom stereocenters. The molecule has 0 fully saturated rings. The lowest BCUT2D eigenvalue weighted by Gasteiger charge is -2.26. The van der Waals surface area contributed by atoms with Gasteiger partial charge in [-0.05, 0) is 40.2 Å². The van der Waals surface area contributed by atoms with Gasteiger partial charge in [0.15, 0.2) is 0 Å². The summed E-state index contributed by atoms with van der Waals surface area (Å²) in [6, 6.07) is 16.2. The summed E-state index contributed by atoms with van der Waals surface area (Å²) in [5.41, 5.74) is 3.97. The summed E-state index contributed by atoms with van der Waals surface area (Å²) < 4.78 is 0. The van der Waals surface area contributed by atoms with Crippen molar-refractivity contribution >= 4 is 0 Å².